The number of ether oxygens (including phenoxy) is 2. The molecule has 0 aliphatic carbocycles. The van der Waals surface area contributed by atoms with Gasteiger partial charge in [0.25, 0.3) is 0 Å². The highest BCUT2D eigenvalue weighted by Crippen LogP contribution is 2.14. The zero-order valence-corrected chi connectivity index (χ0v) is 10.7. The van der Waals surface area contributed by atoms with Gasteiger partial charge in [0.2, 0.25) is 0 Å². The van der Waals surface area contributed by atoms with Crippen molar-refractivity contribution >= 4 is 12.2 Å². The molecule has 0 fully saturated rings. The lowest BCUT2D eigenvalue weighted by atomic mass is 10.1. The van der Waals surface area contributed by atoms with Crippen LogP contribution in [-0.2, 0) is 14.3 Å². The zero-order valence-electron chi connectivity index (χ0n) is 10.7. The van der Waals surface area contributed by atoms with Gasteiger partial charge in [-0.15, -0.1) is 0 Å². The first-order chi connectivity index (χ1) is 8.71. The van der Waals surface area contributed by atoms with Crippen LogP contribution in [0.3, 0.4) is 0 Å². The lowest BCUT2D eigenvalue weighted by molar-refractivity contribution is -0.137. The molecule has 18 heavy (non-hydrogen) atoms. The third-order valence-corrected chi connectivity index (χ3v) is 2.29. The molecule has 0 radical (unpaired) electrons. The molecule has 96 valence electrons. The van der Waals surface area contributed by atoms with Crippen LogP contribution in [-0.4, -0.2) is 25.9 Å². The fourth-order valence-electron chi connectivity index (χ4n) is 1.33. The van der Waals surface area contributed by atoms with Crippen LogP contribution in [0.25, 0.3) is 0 Å². The quantitative estimate of drug-likeness (QED) is 0.426. The Bertz CT molecular complexity index is 442. The normalized spacial score (nSPS) is 17.3. The summed E-state index contributed by atoms with van der Waals surface area (Å²) in [4.78, 5) is 15.6. The maximum Gasteiger partial charge on any atom is 0.339 e. The van der Waals surface area contributed by atoms with Crippen LogP contribution in [0.2, 0.25) is 0 Å². The van der Waals surface area contributed by atoms with E-state index in [1.165, 1.54) is 6.21 Å². The maximum absolute atomic E-state index is 11.4. The number of dihydropyridines is 1. The molecule has 1 aliphatic rings. The van der Waals surface area contributed by atoms with Gasteiger partial charge >= 0.3 is 5.97 Å². The van der Waals surface area contributed by atoms with Crippen molar-refractivity contribution in [2.45, 2.75) is 13.3 Å². The van der Waals surface area contributed by atoms with Crippen LogP contribution >= 0.6 is 0 Å². The molecule has 1 heterocycles. The average molecular weight is 247 g/mol. The van der Waals surface area contributed by atoms with Gasteiger partial charge in [0.05, 0.1) is 19.3 Å². The minimum atomic E-state index is -0.334. The summed E-state index contributed by atoms with van der Waals surface area (Å²) in [5.74, 6) is 0.331. The van der Waals surface area contributed by atoms with Crippen LogP contribution in [0, 0.1) is 0 Å². The number of hydrogen-bond donors (Lipinski definition) is 0. The first kappa shape index (κ1) is 14.0. The van der Waals surface area contributed by atoms with E-state index >= 15 is 0 Å². The van der Waals surface area contributed by atoms with Gasteiger partial charge < -0.3 is 9.47 Å². The van der Waals surface area contributed by atoms with Gasteiger partial charge in [0.1, 0.15) is 5.76 Å². The topological polar surface area (TPSA) is 47.9 Å². The standard InChI is InChI=1S/C14H17NO3/c1-4-13(17-3)9-8-12-7-6-11(10-15-12)14(16)18-5-2/h4,6,8-10H,1,5,7H2,2-3H3/b12-8+,13-9+. The lowest BCUT2D eigenvalue weighted by Crippen LogP contribution is -2.10. The van der Waals surface area contributed by atoms with Crippen molar-refractivity contribution in [1.82, 2.24) is 0 Å². The van der Waals surface area contributed by atoms with Gasteiger partial charge in [0.15, 0.2) is 0 Å². The Balaban J connectivity index is 2.67. The first-order valence-electron chi connectivity index (χ1n) is 5.69. The lowest BCUT2D eigenvalue weighted by Gasteiger charge is -2.07. The fourth-order valence-corrected chi connectivity index (χ4v) is 1.33. The van der Waals surface area contributed by atoms with Gasteiger partial charge in [-0.2, -0.15) is 0 Å². The summed E-state index contributed by atoms with van der Waals surface area (Å²) in [5.41, 5.74) is 1.34. The Labute approximate surface area is 107 Å². The van der Waals surface area contributed by atoms with Crippen molar-refractivity contribution in [3.05, 3.63) is 47.9 Å². The molecule has 0 N–H and O–H groups in total. The summed E-state index contributed by atoms with van der Waals surface area (Å²) in [6.07, 6.45) is 9.13. The largest absolute Gasteiger partial charge is 0.497 e. The zero-order chi connectivity index (χ0) is 13.4. The Morgan fingerprint density at radius 3 is 2.89 bits per heavy atom. The Morgan fingerprint density at radius 1 is 1.61 bits per heavy atom. The van der Waals surface area contributed by atoms with E-state index in [4.69, 9.17) is 9.47 Å². The number of aliphatic imine (C=N–C) groups is 1. The second kappa shape index (κ2) is 7.27. The van der Waals surface area contributed by atoms with Crippen molar-refractivity contribution in [2.75, 3.05) is 13.7 Å². The summed E-state index contributed by atoms with van der Waals surface area (Å²) in [5, 5.41) is 0. The molecule has 0 aromatic carbocycles. The van der Waals surface area contributed by atoms with Crippen LogP contribution in [0.1, 0.15) is 13.3 Å². The predicted molar refractivity (Wildman–Crippen MR) is 71.2 cm³/mol. The molecule has 0 aromatic heterocycles. The Morgan fingerprint density at radius 2 is 2.39 bits per heavy atom. The van der Waals surface area contributed by atoms with Crippen LogP contribution in [0.15, 0.2) is 52.9 Å². The summed E-state index contributed by atoms with van der Waals surface area (Å²) in [6, 6.07) is 0. The molecule has 0 saturated carbocycles. The highest BCUT2D eigenvalue weighted by atomic mass is 16.5. The second-order valence-corrected chi connectivity index (χ2v) is 3.48. The van der Waals surface area contributed by atoms with Gasteiger partial charge in [0, 0.05) is 18.3 Å². The molecule has 1 aliphatic heterocycles. The van der Waals surface area contributed by atoms with E-state index in [1.807, 2.05) is 6.08 Å². The molecule has 4 nitrogen and oxygen atoms in total. The van der Waals surface area contributed by atoms with Gasteiger partial charge in [-0.05, 0) is 25.2 Å². The molecule has 4 heteroatoms. The van der Waals surface area contributed by atoms with Crippen molar-refractivity contribution in [3.63, 3.8) is 0 Å². The van der Waals surface area contributed by atoms with E-state index < -0.39 is 0 Å². The van der Waals surface area contributed by atoms with Crippen LogP contribution in [0.4, 0.5) is 0 Å². The van der Waals surface area contributed by atoms with E-state index in [-0.39, 0.29) is 5.97 Å². The number of esters is 1. The molecule has 0 spiro atoms. The van der Waals surface area contributed by atoms with Gasteiger partial charge in [-0.1, -0.05) is 12.7 Å². The van der Waals surface area contributed by atoms with Crippen molar-refractivity contribution in [3.8, 4) is 0 Å². The van der Waals surface area contributed by atoms with Crippen molar-refractivity contribution in [1.29, 1.82) is 0 Å². The Hall–Kier alpha value is -2.10. The minimum absolute atomic E-state index is 0.334. The van der Waals surface area contributed by atoms with E-state index in [1.54, 1.807) is 32.3 Å². The predicted octanol–water partition coefficient (Wildman–Crippen LogP) is 2.55. The van der Waals surface area contributed by atoms with E-state index in [0.29, 0.717) is 24.4 Å². The highest BCUT2D eigenvalue weighted by molar-refractivity contribution is 6.10. The monoisotopic (exact) mass is 247 g/mol. The fraction of sp³-hybridized carbons (Fsp3) is 0.286. The molecule has 0 atom stereocenters. The number of carbonyl (C=O) groups is 1. The smallest absolute Gasteiger partial charge is 0.339 e. The molecular weight excluding hydrogens is 230 g/mol. The number of allylic oxidation sites excluding steroid dienone is 4. The van der Waals surface area contributed by atoms with E-state index in [2.05, 4.69) is 11.6 Å². The number of carbonyl (C=O) groups excluding carboxylic acids is 1. The Kier molecular flexibility index (Phi) is 5.64. The molecular formula is C14H17NO3. The summed E-state index contributed by atoms with van der Waals surface area (Å²) < 4.78 is 9.93. The second-order valence-electron chi connectivity index (χ2n) is 3.48. The van der Waals surface area contributed by atoms with Crippen LogP contribution in [0.5, 0.6) is 0 Å². The van der Waals surface area contributed by atoms with Crippen LogP contribution < -0.4 is 0 Å². The van der Waals surface area contributed by atoms with Crippen molar-refractivity contribution < 1.29 is 14.3 Å². The van der Waals surface area contributed by atoms with E-state index in [0.717, 1.165) is 5.70 Å². The van der Waals surface area contributed by atoms with Crippen molar-refractivity contribution in [2.24, 2.45) is 4.99 Å². The molecule has 0 bridgehead atoms. The molecule has 0 amide bonds. The first-order valence-corrected chi connectivity index (χ1v) is 5.69. The number of nitrogens with zero attached hydrogens (tertiary/aromatic N) is 1. The number of rotatable bonds is 5. The summed E-state index contributed by atoms with van der Waals surface area (Å²) >= 11 is 0. The summed E-state index contributed by atoms with van der Waals surface area (Å²) in [7, 11) is 1.58. The summed E-state index contributed by atoms with van der Waals surface area (Å²) in [6.45, 7) is 5.76. The van der Waals surface area contributed by atoms with E-state index in [9.17, 15) is 4.79 Å². The molecule has 0 unspecified atom stereocenters. The highest BCUT2D eigenvalue weighted by Gasteiger charge is 2.11. The molecule has 0 aromatic rings. The van der Waals surface area contributed by atoms with Gasteiger partial charge in [-0.25, -0.2) is 4.79 Å². The SMILES string of the molecule is C=C/C(=C\C=C1/CC=C(C(=O)OCC)C=N1)OC. The number of hydrogen-bond acceptors (Lipinski definition) is 4. The third-order valence-electron chi connectivity index (χ3n) is 2.29. The average Bonchev–Trinajstić information content (AvgIpc) is 2.41. The maximum atomic E-state index is 11.4. The minimum Gasteiger partial charge on any atom is -0.497 e. The number of methoxy groups -OCH3 is 1. The van der Waals surface area contributed by atoms with Gasteiger partial charge in [-0.3, -0.25) is 4.99 Å². The third kappa shape index (κ3) is 4.05. The molecule has 0 saturated heterocycles. The molecule has 1 rings (SSSR count).